The fourth-order valence-corrected chi connectivity index (χ4v) is 5.97. The molecule has 6 aromatic rings. The smallest absolute Gasteiger partial charge is 0.871 e. The summed E-state index contributed by atoms with van der Waals surface area (Å²) in [6.07, 6.45) is 0. The number of aromatic nitrogens is 4. The van der Waals surface area contributed by atoms with Crippen LogP contribution in [0, 0.1) is 18.6 Å². The number of sulfonamides is 1. The van der Waals surface area contributed by atoms with Crippen molar-refractivity contribution < 1.29 is 79.4 Å². The normalized spacial score (nSPS) is 12.4. The molecule has 1 radical (unpaired) electrons. The summed E-state index contributed by atoms with van der Waals surface area (Å²) in [5.74, 6) is -1.45. The number of hydrogen-bond acceptors (Lipinski definition) is 14. The monoisotopic (exact) mass is 885 g/mol. The molecule has 0 aliphatic heterocycles. The van der Waals surface area contributed by atoms with Crippen molar-refractivity contribution in [2.24, 2.45) is 25.6 Å². The first-order valence-electron chi connectivity index (χ1n) is 14.9. The zero-order valence-electron chi connectivity index (χ0n) is 29.0. The van der Waals surface area contributed by atoms with Gasteiger partial charge in [-0.3, -0.25) is 18.9 Å². The summed E-state index contributed by atoms with van der Waals surface area (Å²) in [5, 5.41) is 63.8. The van der Waals surface area contributed by atoms with Gasteiger partial charge in [-0.05, 0) is 74.5 Å². The van der Waals surface area contributed by atoms with Gasteiger partial charge in [0, 0.05) is 30.8 Å². The number of rotatable bonds is 8. The first-order chi connectivity index (χ1) is 25.3. The summed E-state index contributed by atoms with van der Waals surface area (Å²) in [6.45, 7) is 3.11. The molecule has 0 spiro atoms. The Morgan fingerprint density at radius 3 is 1.80 bits per heavy atom. The minimum absolute atomic E-state index is 0. The van der Waals surface area contributed by atoms with Crippen LogP contribution in [-0.2, 0) is 37.4 Å². The van der Waals surface area contributed by atoms with E-state index in [1.54, 1.807) is 6.92 Å². The van der Waals surface area contributed by atoms with E-state index in [-0.39, 0.29) is 96.5 Å². The number of nitrogens with one attached hydrogen (secondary N) is 2. The van der Waals surface area contributed by atoms with E-state index in [9.17, 15) is 37.3 Å². The molecule has 1 atom stereocenters. The SMILES string of the molecule is Cc1[nH]n(-c2cccc(S(N)(=O)=O)c2)c(=O)c1N=Nc1cc(Cl)ccc1[O-].Cc1nn(-c2cccc(S(=N)(=O)[O-])c2)c([O-])c1N=Nc1cc(Cl)ccc1[O-].[Cr+3].[Na+]. The van der Waals surface area contributed by atoms with E-state index in [1.165, 1.54) is 85.8 Å². The molecule has 0 saturated carbocycles. The Morgan fingerprint density at radius 2 is 1.27 bits per heavy atom. The molecule has 56 heavy (non-hydrogen) atoms. The van der Waals surface area contributed by atoms with Crippen LogP contribution in [0.2, 0.25) is 10.0 Å². The van der Waals surface area contributed by atoms with Crippen LogP contribution in [0.1, 0.15) is 11.4 Å². The van der Waals surface area contributed by atoms with E-state index < -0.39 is 43.0 Å². The fourth-order valence-electron chi connectivity index (χ4n) is 4.55. The number of halogens is 2. The molecule has 0 aliphatic rings. The molecule has 0 saturated heterocycles. The van der Waals surface area contributed by atoms with Gasteiger partial charge in [0.05, 0.1) is 39.0 Å². The van der Waals surface area contributed by atoms with Crippen LogP contribution < -0.4 is 55.6 Å². The molecular weight excluding hydrogens is 862 g/mol. The minimum atomic E-state index is -4.19. The maximum absolute atomic E-state index is 12.6. The van der Waals surface area contributed by atoms with Gasteiger partial charge in [0.25, 0.3) is 5.56 Å². The summed E-state index contributed by atoms with van der Waals surface area (Å²) in [7, 11) is -8.11. The van der Waals surface area contributed by atoms with Crippen LogP contribution in [0.3, 0.4) is 0 Å². The molecule has 4 aromatic carbocycles. The van der Waals surface area contributed by atoms with E-state index in [0.29, 0.717) is 15.7 Å². The van der Waals surface area contributed by atoms with Crippen molar-refractivity contribution in [3.63, 3.8) is 0 Å². The second-order valence-corrected chi connectivity index (χ2v) is 15.0. The number of azo groups is 2. The van der Waals surface area contributed by atoms with Crippen molar-refractivity contribution in [2.75, 3.05) is 0 Å². The molecule has 24 heteroatoms. The van der Waals surface area contributed by atoms with E-state index in [0.717, 1.165) is 15.4 Å². The van der Waals surface area contributed by atoms with Crippen LogP contribution in [0.15, 0.2) is 120 Å². The molecule has 1 unspecified atom stereocenters. The van der Waals surface area contributed by atoms with E-state index in [2.05, 4.69) is 30.7 Å². The number of H-pyrrole nitrogens is 1. The van der Waals surface area contributed by atoms with Crippen LogP contribution in [0.25, 0.3) is 11.4 Å². The van der Waals surface area contributed by atoms with Gasteiger partial charge in [-0.25, -0.2) is 22.9 Å². The summed E-state index contributed by atoms with van der Waals surface area (Å²) in [6, 6.07) is 18.8. The van der Waals surface area contributed by atoms with Gasteiger partial charge in [0.15, 0.2) is 5.69 Å². The van der Waals surface area contributed by atoms with E-state index in [1.807, 2.05) is 0 Å². The zero-order chi connectivity index (χ0) is 39.5. The number of aromatic amines is 1. The standard InChI is InChI=1S/2C16H14ClN5O4S.Cr.Na/c2*1-9-15(20-19-13-7-10(17)5-6-14(13)23)16(24)22(21-9)11-3-2-4-12(8-11)27(18,25)26;;/h2-8,23-24H,1H3,(H2,18,25,26);2-8,21,23H,1H3,(H2,18,25,26);;/q;;+3;+1/p-4. The minimum Gasteiger partial charge on any atom is -0.871 e. The predicted molar refractivity (Wildman–Crippen MR) is 190 cm³/mol. The summed E-state index contributed by atoms with van der Waals surface area (Å²) in [4.78, 5) is 12.2. The first-order valence-corrected chi connectivity index (χ1v) is 18.7. The second kappa shape index (κ2) is 18.7. The fraction of sp³-hybridized carbons (Fsp3) is 0.0625. The number of hydrogen-bond donors (Lipinski definition) is 3. The van der Waals surface area contributed by atoms with Gasteiger partial charge in [0.2, 0.25) is 10.0 Å². The van der Waals surface area contributed by atoms with Gasteiger partial charge >= 0.3 is 46.9 Å². The third-order valence-corrected chi connectivity index (χ3v) is 9.42. The molecule has 18 nitrogen and oxygen atoms in total. The summed E-state index contributed by atoms with van der Waals surface area (Å²) < 4.78 is 54.9. The van der Waals surface area contributed by atoms with Gasteiger partial charge in [-0.15, -0.1) is 10.2 Å². The van der Waals surface area contributed by atoms with Gasteiger partial charge < -0.3 is 19.9 Å². The number of nitrogens with two attached hydrogens (primary N) is 1. The van der Waals surface area contributed by atoms with Gasteiger partial charge in [0.1, 0.15) is 5.69 Å². The second-order valence-electron chi connectivity index (χ2n) is 11.0. The quantitative estimate of drug-likeness (QED) is 0.149. The number of aryl methyl sites for hydroxylation is 2. The summed E-state index contributed by atoms with van der Waals surface area (Å²) in [5.41, 5.74) is 0.271. The third-order valence-electron chi connectivity index (χ3n) is 7.16. The van der Waals surface area contributed by atoms with Gasteiger partial charge in [-0.2, -0.15) is 15.3 Å². The van der Waals surface area contributed by atoms with Crippen LogP contribution >= 0.6 is 23.2 Å². The topological polar surface area (TPSA) is 298 Å². The molecule has 0 aliphatic carbocycles. The molecular formula is C32H24Cl2CrN10NaO8S2. The summed E-state index contributed by atoms with van der Waals surface area (Å²) >= 11 is 11.6. The molecule has 283 valence electrons. The molecule has 2 aromatic heterocycles. The number of primary sulfonamides is 1. The van der Waals surface area contributed by atoms with Crippen molar-refractivity contribution in [1.29, 1.82) is 4.78 Å². The third kappa shape index (κ3) is 10.9. The largest absolute Gasteiger partial charge is 3.00 e. The van der Waals surface area contributed by atoms with Crippen molar-refractivity contribution in [2.45, 2.75) is 23.6 Å². The maximum Gasteiger partial charge on any atom is 3.00 e. The molecule has 0 bridgehead atoms. The van der Waals surface area contributed by atoms with Crippen molar-refractivity contribution in [1.82, 2.24) is 19.6 Å². The molecule has 0 amide bonds. The number of benzene rings is 4. The molecule has 4 N–H and O–H groups in total. The van der Waals surface area contributed by atoms with Crippen LogP contribution in [0.5, 0.6) is 17.4 Å². The van der Waals surface area contributed by atoms with E-state index in [4.69, 9.17) is 33.1 Å². The zero-order valence-corrected chi connectivity index (χ0v) is 35.5. The Bertz CT molecular complexity index is 2760. The molecule has 0 fully saturated rings. The van der Waals surface area contributed by atoms with Crippen molar-refractivity contribution in [3.05, 3.63) is 117 Å². The first kappa shape index (κ1) is 46.0. The molecule has 2 heterocycles. The Kier molecular flexibility index (Phi) is 15.4. The Morgan fingerprint density at radius 1 is 0.768 bits per heavy atom. The van der Waals surface area contributed by atoms with Crippen molar-refractivity contribution >= 4 is 66.0 Å². The average molecular weight is 887 g/mol. The molecule has 6 rings (SSSR count). The Hall–Kier alpha value is -4.37. The predicted octanol–water partition coefficient (Wildman–Crippen LogP) is 2.20. The van der Waals surface area contributed by atoms with E-state index >= 15 is 0 Å². The maximum atomic E-state index is 12.6. The average Bonchev–Trinajstić information content (AvgIpc) is 3.57. The van der Waals surface area contributed by atoms with Crippen LogP contribution in [-0.4, -0.2) is 36.7 Å². The van der Waals surface area contributed by atoms with Gasteiger partial charge in [-0.1, -0.05) is 59.0 Å². The Balaban J connectivity index is 0.000000290. The Labute approximate surface area is 361 Å². The number of nitrogens with zero attached hydrogens (tertiary/aromatic N) is 7. The van der Waals surface area contributed by atoms with Crippen molar-refractivity contribution in [3.8, 4) is 28.8 Å². The van der Waals surface area contributed by atoms with Crippen LogP contribution in [0.4, 0.5) is 22.7 Å².